The summed E-state index contributed by atoms with van der Waals surface area (Å²) in [7, 11) is -10.7. The fourth-order valence-electron chi connectivity index (χ4n) is 8.68. The van der Waals surface area contributed by atoms with Crippen molar-refractivity contribution in [2.24, 2.45) is 0 Å². The zero-order valence-electron chi connectivity index (χ0n) is 35.8. The normalized spacial score (nSPS) is 19.5. The molecule has 3 aliphatic heterocycles. The number of morpholine rings is 1. The SMILES string of the molecule is O=S(=O)(Nc1ncnc2c1CCN(C1CCN(Cc3ccccc3-c3ccc(Cl)cc3)CC1F)C2)c1ccc(N[C@H](CCN2CCOCC2)CSc2ccccc2)c(S(=O)(=O)C(F)(F)F)c1. The number of benzene rings is 4. The summed E-state index contributed by atoms with van der Waals surface area (Å²) in [6.07, 6.45) is 1.27. The van der Waals surface area contributed by atoms with Crippen LogP contribution in [0.1, 0.15) is 29.7 Å². The van der Waals surface area contributed by atoms with E-state index in [0.29, 0.717) is 93.4 Å². The Morgan fingerprint density at radius 1 is 0.879 bits per heavy atom. The Bertz CT molecular complexity index is 2680. The molecule has 12 nitrogen and oxygen atoms in total. The van der Waals surface area contributed by atoms with Crippen LogP contribution >= 0.6 is 23.4 Å². The second kappa shape index (κ2) is 20.9. The van der Waals surface area contributed by atoms with Gasteiger partial charge in [-0.1, -0.05) is 66.2 Å². The van der Waals surface area contributed by atoms with Crippen molar-refractivity contribution in [3.8, 4) is 11.1 Å². The van der Waals surface area contributed by atoms with Gasteiger partial charge in [-0.05, 0) is 78.4 Å². The van der Waals surface area contributed by atoms with E-state index in [9.17, 15) is 30.0 Å². The summed E-state index contributed by atoms with van der Waals surface area (Å²) in [6.45, 7) is 5.08. The summed E-state index contributed by atoms with van der Waals surface area (Å²) in [5.74, 6) is 0.290. The molecular formula is C46H50ClF4N7O5S3. The zero-order chi connectivity index (χ0) is 46.5. The van der Waals surface area contributed by atoms with Crippen molar-refractivity contribution in [1.29, 1.82) is 0 Å². The third kappa shape index (κ3) is 11.5. The fraction of sp³-hybridized carbons (Fsp3) is 0.391. The summed E-state index contributed by atoms with van der Waals surface area (Å²) in [5, 5.41) is 3.68. The van der Waals surface area contributed by atoms with Crippen LogP contribution in [-0.4, -0.2) is 124 Å². The number of rotatable bonds is 16. The molecule has 0 saturated carbocycles. The molecule has 0 amide bonds. The summed E-state index contributed by atoms with van der Waals surface area (Å²) < 4.78 is 121. The molecular weight excluding hydrogens is 938 g/mol. The molecule has 8 rings (SSSR count). The predicted molar refractivity (Wildman–Crippen MR) is 249 cm³/mol. The van der Waals surface area contributed by atoms with Gasteiger partial charge in [0.2, 0.25) is 0 Å². The quantitative estimate of drug-likeness (QED) is 0.0730. The lowest BCUT2D eigenvalue weighted by molar-refractivity contribution is -0.0435. The highest BCUT2D eigenvalue weighted by Gasteiger charge is 2.48. The van der Waals surface area contributed by atoms with Crippen molar-refractivity contribution in [3.05, 3.63) is 125 Å². The lowest BCUT2D eigenvalue weighted by Crippen LogP contribution is -2.53. The Balaban J connectivity index is 0.964. The lowest BCUT2D eigenvalue weighted by atomic mass is 9.95. The van der Waals surface area contributed by atoms with Gasteiger partial charge in [0.05, 0.1) is 29.5 Å². The van der Waals surface area contributed by atoms with Gasteiger partial charge in [0.1, 0.15) is 23.2 Å². The van der Waals surface area contributed by atoms with Gasteiger partial charge in [-0.3, -0.25) is 19.4 Å². The Morgan fingerprint density at radius 3 is 2.36 bits per heavy atom. The number of ether oxygens (including phenoxy) is 1. The number of hydrogen-bond donors (Lipinski definition) is 2. The number of nitrogens with zero attached hydrogens (tertiary/aromatic N) is 5. The molecule has 3 atom stereocenters. The zero-order valence-corrected chi connectivity index (χ0v) is 39.0. The van der Waals surface area contributed by atoms with Gasteiger partial charge in [-0.25, -0.2) is 31.2 Å². The largest absolute Gasteiger partial charge is 0.501 e. The van der Waals surface area contributed by atoms with E-state index < -0.39 is 53.4 Å². The van der Waals surface area contributed by atoms with Crippen LogP contribution in [0.25, 0.3) is 11.1 Å². The molecule has 66 heavy (non-hydrogen) atoms. The molecule has 352 valence electrons. The smallest absolute Gasteiger partial charge is 0.380 e. The molecule has 0 radical (unpaired) electrons. The molecule has 2 saturated heterocycles. The van der Waals surface area contributed by atoms with E-state index in [1.54, 1.807) is 0 Å². The van der Waals surface area contributed by atoms with E-state index >= 15 is 4.39 Å². The maximum Gasteiger partial charge on any atom is 0.501 e. The molecule has 0 spiro atoms. The highest BCUT2D eigenvalue weighted by atomic mass is 35.5. The summed E-state index contributed by atoms with van der Waals surface area (Å²) in [4.78, 5) is 13.9. The monoisotopic (exact) mass is 987 g/mol. The topological polar surface area (TPSA) is 137 Å². The van der Waals surface area contributed by atoms with Crippen LogP contribution in [0.15, 0.2) is 118 Å². The van der Waals surface area contributed by atoms with Crippen molar-refractivity contribution in [1.82, 2.24) is 24.7 Å². The van der Waals surface area contributed by atoms with E-state index in [2.05, 4.69) is 29.8 Å². The number of nitrogens with one attached hydrogen (secondary N) is 2. The first-order valence-electron chi connectivity index (χ1n) is 21.6. The number of halogens is 5. The summed E-state index contributed by atoms with van der Waals surface area (Å²) >= 11 is 7.58. The van der Waals surface area contributed by atoms with Gasteiger partial charge in [0.25, 0.3) is 19.9 Å². The number of fused-ring (bicyclic) bond motifs is 1. The van der Waals surface area contributed by atoms with Gasteiger partial charge in [-0.15, -0.1) is 11.8 Å². The van der Waals surface area contributed by atoms with Crippen LogP contribution in [0.2, 0.25) is 5.02 Å². The van der Waals surface area contributed by atoms with Crippen LogP contribution in [0.4, 0.5) is 29.1 Å². The third-order valence-electron chi connectivity index (χ3n) is 12.2. The van der Waals surface area contributed by atoms with Gasteiger partial charge in [0, 0.05) is 85.7 Å². The van der Waals surface area contributed by atoms with E-state index in [4.69, 9.17) is 16.3 Å². The van der Waals surface area contributed by atoms with Crippen LogP contribution in [0.5, 0.6) is 0 Å². The first kappa shape index (κ1) is 48.1. The van der Waals surface area contributed by atoms with E-state index in [-0.39, 0.29) is 31.0 Å². The molecule has 3 aliphatic rings. The van der Waals surface area contributed by atoms with Crippen LogP contribution in [0, 0.1) is 0 Å². The number of hydrogen-bond acceptors (Lipinski definition) is 12. The van der Waals surface area contributed by atoms with E-state index in [1.807, 2.05) is 83.8 Å². The van der Waals surface area contributed by atoms with Gasteiger partial charge in [0.15, 0.2) is 0 Å². The second-order valence-corrected chi connectivity index (χ2v) is 21.7. The van der Waals surface area contributed by atoms with Crippen molar-refractivity contribution >= 4 is 54.7 Å². The summed E-state index contributed by atoms with van der Waals surface area (Å²) in [5.41, 5.74) is -1.99. The summed E-state index contributed by atoms with van der Waals surface area (Å²) in [6, 6.07) is 26.8. The van der Waals surface area contributed by atoms with E-state index in [1.165, 1.54) is 18.1 Å². The second-order valence-electron chi connectivity index (χ2n) is 16.6. The van der Waals surface area contributed by atoms with Crippen LogP contribution < -0.4 is 10.0 Å². The number of anilines is 2. The molecule has 5 aromatic rings. The molecule has 2 unspecified atom stereocenters. The average Bonchev–Trinajstić information content (AvgIpc) is 3.30. The molecule has 20 heteroatoms. The molecule has 0 bridgehead atoms. The maximum atomic E-state index is 16.1. The van der Waals surface area contributed by atoms with Gasteiger partial charge >= 0.3 is 5.51 Å². The Hall–Kier alpha value is -4.34. The Kier molecular flexibility index (Phi) is 15.2. The highest BCUT2D eigenvalue weighted by Crippen LogP contribution is 2.38. The predicted octanol–water partition coefficient (Wildman–Crippen LogP) is 8.16. The van der Waals surface area contributed by atoms with Crippen LogP contribution in [-0.2, 0) is 44.1 Å². The van der Waals surface area contributed by atoms with Crippen molar-refractivity contribution in [3.63, 3.8) is 0 Å². The molecule has 2 N–H and O–H groups in total. The number of sulfone groups is 1. The molecule has 1 aromatic heterocycles. The number of thioether (sulfide) groups is 1. The number of likely N-dealkylation sites (tertiary alicyclic amines) is 1. The average molecular weight is 989 g/mol. The molecule has 4 heterocycles. The minimum Gasteiger partial charge on any atom is -0.380 e. The third-order valence-corrected chi connectivity index (χ3v) is 16.5. The van der Waals surface area contributed by atoms with Crippen LogP contribution in [0.3, 0.4) is 0 Å². The van der Waals surface area contributed by atoms with Crippen molar-refractivity contribution in [2.45, 2.75) is 70.8 Å². The highest BCUT2D eigenvalue weighted by molar-refractivity contribution is 7.99. The standard InChI is InChI=1S/C46H50ClF4N7O5S3/c47-34-12-10-32(11-13-34)38-9-5-4-6-33(38)27-57-20-18-43(40(48)28-57)58-21-17-39-42(29-58)52-31-53-45(39)55-66(61,62)37-14-15-41(44(26-37)65(59,60)46(49,50)51)54-35(16-19-56-22-24-63-25-23-56)30-64-36-7-2-1-3-8-36/h1-15,26,31,35,40,43,54H,16-25,27-30H2,(H,52,53,55)/t35-,40?,43?/m1/s1. The van der Waals surface area contributed by atoms with Gasteiger partial charge < -0.3 is 10.1 Å². The number of piperidine rings is 1. The van der Waals surface area contributed by atoms with Gasteiger partial charge in [-0.2, -0.15) is 13.2 Å². The Labute approximate surface area is 392 Å². The minimum absolute atomic E-state index is 0.0887. The lowest BCUT2D eigenvalue weighted by Gasteiger charge is -2.42. The van der Waals surface area contributed by atoms with Crippen molar-refractivity contribution < 1.29 is 39.1 Å². The first-order chi connectivity index (χ1) is 31.6. The molecule has 0 aliphatic carbocycles. The maximum absolute atomic E-state index is 16.1. The molecule has 2 fully saturated rings. The minimum atomic E-state index is -6.04. The van der Waals surface area contributed by atoms with Crippen molar-refractivity contribution in [2.75, 3.05) is 68.3 Å². The number of aromatic nitrogens is 2. The van der Waals surface area contributed by atoms with E-state index in [0.717, 1.165) is 33.7 Å². The first-order valence-corrected chi connectivity index (χ1v) is 26.0. The Morgan fingerprint density at radius 2 is 1.62 bits per heavy atom. The number of alkyl halides is 4. The number of sulfonamides is 1. The molecule has 4 aromatic carbocycles. The fourth-order valence-corrected chi connectivity index (χ4v) is 11.9.